The number of nitrogens with zero attached hydrogens (tertiary/aromatic N) is 1. The van der Waals surface area contributed by atoms with E-state index in [1.54, 1.807) is 0 Å². The SMILES string of the molecule is CCCNc1cc(NCC2CCCC2CO)ccn1. The van der Waals surface area contributed by atoms with Gasteiger partial charge in [0.2, 0.25) is 0 Å². The Morgan fingerprint density at radius 3 is 2.95 bits per heavy atom. The summed E-state index contributed by atoms with van der Waals surface area (Å²) in [6.07, 6.45) is 6.57. The van der Waals surface area contributed by atoms with Crippen LogP contribution in [0.5, 0.6) is 0 Å². The summed E-state index contributed by atoms with van der Waals surface area (Å²) < 4.78 is 0. The van der Waals surface area contributed by atoms with Gasteiger partial charge in [-0.1, -0.05) is 13.3 Å². The molecule has 4 heteroatoms. The van der Waals surface area contributed by atoms with Crippen LogP contribution in [0.15, 0.2) is 18.3 Å². The van der Waals surface area contributed by atoms with Gasteiger partial charge in [-0.2, -0.15) is 0 Å². The molecule has 1 aliphatic carbocycles. The van der Waals surface area contributed by atoms with Gasteiger partial charge in [0.15, 0.2) is 0 Å². The Balaban J connectivity index is 1.85. The van der Waals surface area contributed by atoms with Crippen molar-refractivity contribution in [3.63, 3.8) is 0 Å². The van der Waals surface area contributed by atoms with Gasteiger partial charge in [-0.15, -0.1) is 0 Å². The molecule has 1 aliphatic rings. The summed E-state index contributed by atoms with van der Waals surface area (Å²) in [7, 11) is 0. The van der Waals surface area contributed by atoms with Crippen molar-refractivity contribution in [3.8, 4) is 0 Å². The highest BCUT2D eigenvalue weighted by atomic mass is 16.3. The Kier molecular flexibility index (Phi) is 5.45. The second-order valence-corrected chi connectivity index (χ2v) is 5.37. The average molecular weight is 263 g/mol. The first-order chi connectivity index (χ1) is 9.33. The van der Waals surface area contributed by atoms with Crippen LogP contribution in [0, 0.1) is 11.8 Å². The minimum absolute atomic E-state index is 0.325. The second-order valence-electron chi connectivity index (χ2n) is 5.37. The molecule has 0 amide bonds. The largest absolute Gasteiger partial charge is 0.396 e. The zero-order valence-electron chi connectivity index (χ0n) is 11.7. The molecule has 106 valence electrons. The van der Waals surface area contributed by atoms with Crippen LogP contribution < -0.4 is 10.6 Å². The highest BCUT2D eigenvalue weighted by molar-refractivity contribution is 5.51. The number of anilines is 2. The number of aliphatic hydroxyl groups is 1. The fourth-order valence-electron chi connectivity index (χ4n) is 2.76. The van der Waals surface area contributed by atoms with Crippen molar-refractivity contribution in [1.82, 2.24) is 4.98 Å². The van der Waals surface area contributed by atoms with E-state index in [-0.39, 0.29) is 0 Å². The van der Waals surface area contributed by atoms with E-state index >= 15 is 0 Å². The molecule has 1 aromatic heterocycles. The Bertz CT molecular complexity index is 383. The normalized spacial score (nSPS) is 22.4. The van der Waals surface area contributed by atoms with E-state index in [2.05, 4.69) is 28.6 Å². The van der Waals surface area contributed by atoms with Crippen LogP contribution in [-0.2, 0) is 0 Å². The van der Waals surface area contributed by atoms with Gasteiger partial charge in [0.25, 0.3) is 0 Å². The third-order valence-corrected chi connectivity index (χ3v) is 3.94. The number of aromatic nitrogens is 1. The number of hydrogen-bond donors (Lipinski definition) is 3. The van der Waals surface area contributed by atoms with Crippen molar-refractivity contribution in [2.45, 2.75) is 32.6 Å². The number of pyridine rings is 1. The lowest BCUT2D eigenvalue weighted by Crippen LogP contribution is -2.20. The summed E-state index contributed by atoms with van der Waals surface area (Å²) in [6.45, 7) is 4.37. The third kappa shape index (κ3) is 4.10. The highest BCUT2D eigenvalue weighted by Gasteiger charge is 2.26. The molecule has 1 saturated carbocycles. The van der Waals surface area contributed by atoms with Gasteiger partial charge in [-0.25, -0.2) is 4.98 Å². The Labute approximate surface area is 115 Å². The molecule has 19 heavy (non-hydrogen) atoms. The number of nitrogens with one attached hydrogen (secondary N) is 2. The molecule has 1 heterocycles. The van der Waals surface area contributed by atoms with Crippen LogP contribution in [0.4, 0.5) is 11.5 Å². The lowest BCUT2D eigenvalue weighted by atomic mass is 9.97. The van der Waals surface area contributed by atoms with Crippen LogP contribution in [0.25, 0.3) is 0 Å². The smallest absolute Gasteiger partial charge is 0.127 e. The van der Waals surface area contributed by atoms with Crippen molar-refractivity contribution in [2.24, 2.45) is 11.8 Å². The maximum atomic E-state index is 9.33. The molecule has 1 aromatic rings. The van der Waals surface area contributed by atoms with E-state index in [1.807, 2.05) is 12.3 Å². The van der Waals surface area contributed by atoms with Gasteiger partial charge in [0.05, 0.1) is 0 Å². The lowest BCUT2D eigenvalue weighted by Gasteiger charge is -2.18. The minimum atomic E-state index is 0.325. The predicted molar refractivity (Wildman–Crippen MR) is 79.4 cm³/mol. The average Bonchev–Trinajstić information content (AvgIpc) is 2.91. The first-order valence-electron chi connectivity index (χ1n) is 7.38. The summed E-state index contributed by atoms with van der Waals surface area (Å²) in [5, 5.41) is 16.1. The molecule has 2 rings (SSSR count). The summed E-state index contributed by atoms with van der Waals surface area (Å²) in [6, 6.07) is 4.05. The second kappa shape index (κ2) is 7.34. The Morgan fingerprint density at radius 2 is 2.16 bits per heavy atom. The predicted octanol–water partition coefficient (Wildman–Crippen LogP) is 2.72. The molecular weight excluding hydrogens is 238 g/mol. The van der Waals surface area contributed by atoms with Gasteiger partial charge in [0.1, 0.15) is 5.82 Å². The van der Waals surface area contributed by atoms with E-state index in [4.69, 9.17) is 0 Å². The van der Waals surface area contributed by atoms with Gasteiger partial charge >= 0.3 is 0 Å². The van der Waals surface area contributed by atoms with Gasteiger partial charge in [-0.3, -0.25) is 0 Å². The van der Waals surface area contributed by atoms with Crippen molar-refractivity contribution in [3.05, 3.63) is 18.3 Å². The molecule has 0 spiro atoms. The molecule has 0 aliphatic heterocycles. The summed E-state index contributed by atoms with van der Waals surface area (Å²) in [4.78, 5) is 4.30. The number of rotatable bonds is 7. The monoisotopic (exact) mass is 263 g/mol. The topological polar surface area (TPSA) is 57.2 Å². The molecular formula is C15H25N3O. The highest BCUT2D eigenvalue weighted by Crippen LogP contribution is 2.31. The van der Waals surface area contributed by atoms with Crippen molar-refractivity contribution in [1.29, 1.82) is 0 Å². The zero-order valence-corrected chi connectivity index (χ0v) is 11.7. The van der Waals surface area contributed by atoms with Gasteiger partial charge in [0, 0.05) is 37.6 Å². The van der Waals surface area contributed by atoms with Crippen LogP contribution in [0.3, 0.4) is 0 Å². The van der Waals surface area contributed by atoms with E-state index in [0.717, 1.165) is 31.0 Å². The van der Waals surface area contributed by atoms with Crippen LogP contribution in [-0.4, -0.2) is 29.8 Å². The maximum Gasteiger partial charge on any atom is 0.127 e. The number of hydrogen-bond acceptors (Lipinski definition) is 4. The molecule has 3 N–H and O–H groups in total. The minimum Gasteiger partial charge on any atom is -0.396 e. The third-order valence-electron chi connectivity index (χ3n) is 3.94. The van der Waals surface area contributed by atoms with Crippen LogP contribution in [0.1, 0.15) is 32.6 Å². The molecule has 0 radical (unpaired) electrons. The van der Waals surface area contributed by atoms with Crippen LogP contribution >= 0.6 is 0 Å². The summed E-state index contributed by atoms with van der Waals surface area (Å²) >= 11 is 0. The molecule has 0 saturated heterocycles. The van der Waals surface area contributed by atoms with E-state index in [1.165, 1.54) is 19.3 Å². The summed E-state index contributed by atoms with van der Waals surface area (Å²) in [5.41, 5.74) is 1.11. The van der Waals surface area contributed by atoms with Crippen molar-refractivity contribution < 1.29 is 5.11 Å². The van der Waals surface area contributed by atoms with E-state index in [9.17, 15) is 5.11 Å². The fourth-order valence-corrected chi connectivity index (χ4v) is 2.76. The fraction of sp³-hybridized carbons (Fsp3) is 0.667. The van der Waals surface area contributed by atoms with E-state index in [0.29, 0.717) is 18.4 Å². The molecule has 4 nitrogen and oxygen atoms in total. The standard InChI is InChI=1S/C15H25N3O/c1-2-7-16-15-9-14(6-8-17-15)18-10-12-4-3-5-13(12)11-19/h6,8-9,12-13,19H,2-5,7,10-11H2,1H3,(H2,16,17,18). The van der Waals surface area contributed by atoms with Gasteiger partial charge in [-0.05, 0) is 37.2 Å². The lowest BCUT2D eigenvalue weighted by molar-refractivity contribution is 0.199. The maximum absolute atomic E-state index is 9.33. The molecule has 1 fully saturated rings. The van der Waals surface area contributed by atoms with Crippen molar-refractivity contribution >= 4 is 11.5 Å². The Morgan fingerprint density at radius 1 is 1.32 bits per heavy atom. The molecule has 0 aromatic carbocycles. The molecule has 2 unspecified atom stereocenters. The number of aliphatic hydroxyl groups excluding tert-OH is 1. The summed E-state index contributed by atoms with van der Waals surface area (Å²) in [5.74, 6) is 2.01. The Hall–Kier alpha value is -1.29. The van der Waals surface area contributed by atoms with Crippen molar-refractivity contribution in [2.75, 3.05) is 30.3 Å². The molecule has 0 bridgehead atoms. The first kappa shape index (κ1) is 14.1. The zero-order chi connectivity index (χ0) is 13.5. The first-order valence-corrected chi connectivity index (χ1v) is 7.38. The quantitative estimate of drug-likeness (QED) is 0.708. The molecule has 2 atom stereocenters. The van der Waals surface area contributed by atoms with Crippen LogP contribution in [0.2, 0.25) is 0 Å². The van der Waals surface area contributed by atoms with Gasteiger partial charge < -0.3 is 15.7 Å². The van der Waals surface area contributed by atoms with E-state index < -0.39 is 0 Å².